The Morgan fingerprint density at radius 3 is 0.848 bits per heavy atom. The van der Waals surface area contributed by atoms with Gasteiger partial charge >= 0.3 is 59.1 Å². The summed E-state index contributed by atoms with van der Waals surface area (Å²) in [5.74, 6) is 0. The van der Waals surface area contributed by atoms with Crippen molar-refractivity contribution in [3.63, 3.8) is 0 Å². The van der Waals surface area contributed by atoms with Crippen LogP contribution in [-0.4, -0.2) is 64.6 Å². The van der Waals surface area contributed by atoms with Crippen molar-refractivity contribution in [2.45, 2.75) is 180 Å². The van der Waals surface area contributed by atoms with Crippen molar-refractivity contribution in [1.82, 2.24) is 0 Å². The third-order valence-electron chi connectivity index (χ3n) is 7.83. The molecule has 10 nitrogen and oxygen atoms in total. The van der Waals surface area contributed by atoms with E-state index in [0.717, 1.165) is 38.5 Å². The summed E-state index contributed by atoms with van der Waals surface area (Å²) >= 11 is 0. The van der Waals surface area contributed by atoms with E-state index in [1.54, 1.807) is 0 Å². The molecule has 0 amide bonds. The van der Waals surface area contributed by atoms with Crippen LogP contribution in [0.1, 0.15) is 168 Å². The molecule has 0 saturated carbocycles. The molecule has 2 atom stereocenters. The first-order valence-corrected chi connectivity index (χ1v) is 20.2. The Morgan fingerprint density at radius 1 is 0.413 bits per heavy atom. The van der Waals surface area contributed by atoms with Crippen LogP contribution in [0.15, 0.2) is 0 Å². The smallest absolute Gasteiger partial charge is 0.726 e. The molecule has 0 fully saturated rings. The summed E-state index contributed by atoms with van der Waals surface area (Å²) in [7, 11) is -10.0. The molecule has 0 bridgehead atoms. The minimum atomic E-state index is -5.01. The maximum Gasteiger partial charge on any atom is 1.00 e. The number of hydrogen-bond acceptors (Lipinski definition) is 10. The van der Waals surface area contributed by atoms with E-state index >= 15 is 0 Å². The van der Waals surface area contributed by atoms with Crippen molar-refractivity contribution in [3.05, 3.63) is 0 Å². The van der Waals surface area contributed by atoms with Gasteiger partial charge in [0.2, 0.25) is 20.8 Å². The van der Waals surface area contributed by atoms with Gasteiger partial charge in [-0.3, -0.25) is 8.37 Å². The molecule has 0 rings (SSSR count). The fourth-order valence-electron chi connectivity index (χ4n) is 5.18. The van der Waals surface area contributed by atoms with Gasteiger partial charge in [0, 0.05) is 13.2 Å². The number of hydrogen-bond donors (Lipinski definition) is 0. The second-order valence-corrected chi connectivity index (χ2v) is 14.1. The molecular weight excluding hydrogens is 654 g/mol. The first-order chi connectivity index (χ1) is 21.1. The summed E-state index contributed by atoms with van der Waals surface area (Å²) in [5.41, 5.74) is 0. The van der Waals surface area contributed by atoms with Gasteiger partial charge in [0.1, 0.15) is 12.2 Å². The molecule has 0 aromatic rings. The molecule has 0 N–H and O–H groups in total. The van der Waals surface area contributed by atoms with Crippen LogP contribution in [0.4, 0.5) is 0 Å². The van der Waals surface area contributed by atoms with Gasteiger partial charge in [0.25, 0.3) is 0 Å². The summed E-state index contributed by atoms with van der Waals surface area (Å²) in [4.78, 5) is 0. The van der Waals surface area contributed by atoms with Crippen molar-refractivity contribution in [1.29, 1.82) is 0 Å². The van der Waals surface area contributed by atoms with Crippen LogP contribution in [0, 0.1) is 0 Å². The number of ether oxygens (including phenoxy) is 2. The molecule has 0 saturated heterocycles. The molecule has 0 aliphatic carbocycles. The van der Waals surface area contributed by atoms with Crippen LogP contribution in [0.2, 0.25) is 0 Å². The predicted molar refractivity (Wildman–Crippen MR) is 173 cm³/mol. The van der Waals surface area contributed by atoms with Crippen molar-refractivity contribution in [3.8, 4) is 0 Å². The summed E-state index contributed by atoms with van der Waals surface area (Å²) in [6, 6.07) is 0. The van der Waals surface area contributed by atoms with E-state index in [0.29, 0.717) is 12.8 Å². The van der Waals surface area contributed by atoms with E-state index in [2.05, 4.69) is 22.2 Å². The van der Waals surface area contributed by atoms with Gasteiger partial charge in [-0.2, -0.15) is 0 Å². The number of unbranched alkanes of at least 4 members (excludes halogenated alkanes) is 22. The zero-order valence-electron chi connectivity index (χ0n) is 29.9. The standard InChI is InChI=1S/C32H66O10S2.2Na/c1-3-5-7-9-11-13-15-17-19-21-23-25-27-39-31(29-41-43(33,34)35)32(30-42-44(36,37)38)40-28-26-24-22-20-18-16-14-12-10-8-6-4-2;;/h31-32H,3-30H2,1-2H3,(H,33,34,35)(H,36,37,38);;/q;2*+1/p-2/t31-,32-;;/m0../s1. The van der Waals surface area contributed by atoms with Gasteiger partial charge in [-0.1, -0.05) is 155 Å². The molecule has 0 spiro atoms. The molecule has 0 aliphatic rings. The maximum absolute atomic E-state index is 11.1. The third-order valence-corrected chi connectivity index (χ3v) is 8.68. The quantitative estimate of drug-likeness (QED) is 0.0413. The van der Waals surface area contributed by atoms with E-state index in [4.69, 9.17) is 9.47 Å². The fourth-order valence-corrected chi connectivity index (χ4v) is 5.78. The van der Waals surface area contributed by atoms with E-state index in [1.807, 2.05) is 0 Å². The van der Waals surface area contributed by atoms with E-state index in [-0.39, 0.29) is 72.3 Å². The van der Waals surface area contributed by atoms with Crippen molar-refractivity contribution < 1.29 is 103 Å². The second-order valence-electron chi connectivity index (χ2n) is 12.0. The normalized spacial score (nSPS) is 13.2. The molecule has 266 valence electrons. The van der Waals surface area contributed by atoms with Gasteiger partial charge in [-0.05, 0) is 12.8 Å². The third kappa shape index (κ3) is 40.1. The Labute approximate surface area is 327 Å². The van der Waals surface area contributed by atoms with Crippen LogP contribution < -0.4 is 59.1 Å². The summed E-state index contributed by atoms with van der Waals surface area (Å²) in [5, 5.41) is 0. The Bertz CT molecular complexity index is 765. The van der Waals surface area contributed by atoms with Crippen LogP contribution in [0.3, 0.4) is 0 Å². The molecule has 14 heteroatoms. The van der Waals surface area contributed by atoms with E-state index in [9.17, 15) is 25.9 Å². The molecule has 0 radical (unpaired) electrons. The first-order valence-electron chi connectivity index (χ1n) is 17.5. The van der Waals surface area contributed by atoms with Crippen molar-refractivity contribution in [2.24, 2.45) is 0 Å². The van der Waals surface area contributed by atoms with Crippen molar-refractivity contribution >= 4 is 20.8 Å². The minimum Gasteiger partial charge on any atom is -0.726 e. The molecule has 0 unspecified atom stereocenters. The fraction of sp³-hybridized carbons (Fsp3) is 1.00. The Morgan fingerprint density at radius 2 is 0.630 bits per heavy atom. The van der Waals surface area contributed by atoms with Crippen LogP contribution >= 0.6 is 0 Å². The largest absolute Gasteiger partial charge is 1.00 e. The van der Waals surface area contributed by atoms with E-state index < -0.39 is 46.2 Å². The van der Waals surface area contributed by atoms with E-state index in [1.165, 1.54) is 103 Å². The van der Waals surface area contributed by atoms with Gasteiger partial charge in [0.05, 0.1) is 13.2 Å². The summed E-state index contributed by atoms with van der Waals surface area (Å²) in [6.07, 6.45) is 25.9. The minimum absolute atomic E-state index is 0. The molecular formula is C32H64Na2O10S2. The van der Waals surface area contributed by atoms with Crippen LogP contribution in [-0.2, 0) is 38.6 Å². The van der Waals surface area contributed by atoms with Crippen LogP contribution in [0.25, 0.3) is 0 Å². The summed E-state index contributed by atoms with van der Waals surface area (Å²) in [6.45, 7) is 3.61. The Kier molecular flexibility index (Phi) is 41.2. The van der Waals surface area contributed by atoms with Gasteiger partial charge < -0.3 is 18.6 Å². The Hall–Kier alpha value is 1.66. The first kappa shape index (κ1) is 52.0. The van der Waals surface area contributed by atoms with Gasteiger partial charge in [0.15, 0.2) is 0 Å². The van der Waals surface area contributed by atoms with Gasteiger partial charge in [-0.15, -0.1) is 0 Å². The molecule has 0 aliphatic heterocycles. The summed E-state index contributed by atoms with van der Waals surface area (Å²) < 4.78 is 87.0. The molecule has 0 aromatic heterocycles. The zero-order chi connectivity index (χ0) is 32.8. The predicted octanol–water partition coefficient (Wildman–Crippen LogP) is 2.12. The SMILES string of the molecule is CCCCCCCCCCCCCCO[C@@H](COS(=O)(=O)[O-])[C@H](COS(=O)(=O)[O-])OCCCCCCCCCCCCCC.[Na+].[Na+]. The number of rotatable bonds is 35. The molecule has 0 heterocycles. The second kappa shape index (κ2) is 36.5. The molecule has 46 heavy (non-hydrogen) atoms. The average Bonchev–Trinajstić information content (AvgIpc) is 2.96. The van der Waals surface area contributed by atoms with Gasteiger partial charge in [-0.25, -0.2) is 16.8 Å². The topological polar surface area (TPSA) is 151 Å². The zero-order valence-corrected chi connectivity index (χ0v) is 35.5. The maximum atomic E-state index is 11.1. The molecule has 0 aromatic carbocycles. The monoisotopic (exact) mass is 718 g/mol. The van der Waals surface area contributed by atoms with Crippen LogP contribution in [0.5, 0.6) is 0 Å². The van der Waals surface area contributed by atoms with Crippen molar-refractivity contribution in [2.75, 3.05) is 26.4 Å². The average molecular weight is 719 g/mol. The Balaban J connectivity index is -0.00000924.